The van der Waals surface area contributed by atoms with Gasteiger partial charge in [0, 0.05) is 16.8 Å². The van der Waals surface area contributed by atoms with E-state index in [0.29, 0.717) is 38.5 Å². The van der Waals surface area contributed by atoms with Crippen LogP contribution < -0.4 is 15.0 Å². The molecule has 5 nitrogen and oxygen atoms in total. The van der Waals surface area contributed by atoms with E-state index in [1.54, 1.807) is 30.3 Å². The lowest BCUT2D eigenvalue weighted by Crippen LogP contribution is -2.27. The molecule has 0 atom stereocenters. The van der Waals surface area contributed by atoms with Gasteiger partial charge in [-0.3, -0.25) is 14.5 Å². The molecule has 0 spiro atoms. The summed E-state index contributed by atoms with van der Waals surface area (Å²) >= 11 is 6.66. The molecule has 3 aromatic carbocycles. The van der Waals surface area contributed by atoms with Crippen LogP contribution in [0.5, 0.6) is 5.75 Å². The lowest BCUT2D eigenvalue weighted by molar-refractivity contribution is -0.113. The smallest absolute Gasteiger partial charge is 0.270 e. The van der Waals surface area contributed by atoms with Gasteiger partial charge in [0.25, 0.3) is 11.8 Å². The van der Waals surface area contributed by atoms with E-state index < -0.39 is 0 Å². The van der Waals surface area contributed by atoms with E-state index in [2.05, 4.69) is 5.32 Å². The molecule has 1 N–H and O–H groups in total. The van der Waals surface area contributed by atoms with Crippen molar-refractivity contribution in [3.8, 4) is 5.75 Å². The summed E-state index contributed by atoms with van der Waals surface area (Å²) in [5.41, 5.74) is 2.09. The largest absolute Gasteiger partial charge is 0.493 e. The van der Waals surface area contributed by atoms with Gasteiger partial charge < -0.3 is 10.1 Å². The summed E-state index contributed by atoms with van der Waals surface area (Å²) in [5.74, 6) is -0.353. The number of nitrogens with one attached hydrogen (secondary N) is 1. The summed E-state index contributed by atoms with van der Waals surface area (Å²) in [5, 5.41) is 2.71. The number of hydrogen-bond donors (Lipinski definition) is 1. The molecule has 33 heavy (non-hydrogen) atoms. The first kappa shape index (κ1) is 22.7. The lowest BCUT2D eigenvalue weighted by Gasteiger charge is -2.15. The third-order valence-corrected chi connectivity index (χ3v) is 6.07. The highest BCUT2D eigenvalue weighted by Gasteiger charge is 2.33. The number of anilines is 2. The predicted octanol–water partition coefficient (Wildman–Crippen LogP) is 5.88. The van der Waals surface area contributed by atoms with E-state index in [1.807, 2.05) is 31.2 Å². The van der Waals surface area contributed by atoms with Gasteiger partial charge in [-0.15, -0.1) is 0 Å². The highest BCUT2D eigenvalue weighted by Crippen LogP contribution is 2.37. The molecule has 0 saturated carbocycles. The lowest BCUT2D eigenvalue weighted by atomic mass is 10.1. The van der Waals surface area contributed by atoms with Crippen molar-refractivity contribution in [3.63, 3.8) is 0 Å². The number of carbonyl (C=O) groups excluding carboxylic acids is 2. The van der Waals surface area contributed by atoms with Gasteiger partial charge in [-0.05, 0) is 61.5 Å². The highest BCUT2D eigenvalue weighted by atomic mass is 32.2. The van der Waals surface area contributed by atoms with Crippen LogP contribution in [-0.4, -0.2) is 22.7 Å². The van der Waals surface area contributed by atoms with Crippen LogP contribution in [0.1, 0.15) is 22.8 Å². The number of thioether (sulfide) groups is 1. The van der Waals surface area contributed by atoms with Gasteiger partial charge in [-0.25, -0.2) is 4.39 Å². The number of thiocarbonyl (C=S) groups is 1. The molecular formula is C25H19FN2O3S2. The fourth-order valence-corrected chi connectivity index (χ4v) is 4.53. The quantitative estimate of drug-likeness (QED) is 0.354. The van der Waals surface area contributed by atoms with E-state index in [1.165, 1.54) is 40.9 Å². The Hall–Kier alpha value is -3.49. The van der Waals surface area contributed by atoms with E-state index in [9.17, 15) is 14.0 Å². The van der Waals surface area contributed by atoms with Crippen molar-refractivity contribution in [1.82, 2.24) is 0 Å². The van der Waals surface area contributed by atoms with Gasteiger partial charge in [-0.2, -0.15) is 0 Å². The van der Waals surface area contributed by atoms with Crippen LogP contribution in [0.3, 0.4) is 0 Å². The zero-order valence-electron chi connectivity index (χ0n) is 17.6. The molecule has 1 saturated heterocycles. The first-order chi connectivity index (χ1) is 16.0. The standard InChI is InChI=1S/C25H19FN2O3S2/c1-2-31-21-9-4-3-6-16(21)15-22-24(30)28(25(32)33-22)20-8-5-7-17(14-20)23(29)27-19-12-10-18(26)11-13-19/h3-15H,2H2,1H3,(H,27,29)/b22-15+. The number of ether oxygens (including phenoxy) is 1. The third-order valence-electron chi connectivity index (χ3n) is 4.77. The summed E-state index contributed by atoms with van der Waals surface area (Å²) < 4.78 is 19.1. The monoisotopic (exact) mass is 478 g/mol. The fourth-order valence-electron chi connectivity index (χ4n) is 3.24. The SMILES string of the molecule is CCOc1ccccc1/C=C1/SC(=S)N(c2cccc(C(=O)Nc3ccc(F)cc3)c2)C1=O. The maximum absolute atomic E-state index is 13.2. The van der Waals surface area contributed by atoms with Crippen LogP contribution in [0.15, 0.2) is 77.7 Å². The molecule has 3 aromatic rings. The van der Waals surface area contributed by atoms with Crippen molar-refractivity contribution in [2.45, 2.75) is 6.92 Å². The average molecular weight is 479 g/mol. The predicted molar refractivity (Wildman–Crippen MR) is 134 cm³/mol. The second-order valence-corrected chi connectivity index (χ2v) is 8.68. The number of para-hydroxylation sites is 1. The van der Waals surface area contributed by atoms with Crippen molar-refractivity contribution in [2.24, 2.45) is 0 Å². The average Bonchev–Trinajstić information content (AvgIpc) is 3.09. The molecule has 1 aliphatic heterocycles. The Morgan fingerprint density at radius 1 is 1.12 bits per heavy atom. The van der Waals surface area contributed by atoms with Crippen molar-refractivity contribution >= 4 is 57.6 Å². The second-order valence-electron chi connectivity index (χ2n) is 7.00. The number of rotatable bonds is 6. The van der Waals surface area contributed by atoms with Gasteiger partial charge in [0.2, 0.25) is 0 Å². The minimum Gasteiger partial charge on any atom is -0.493 e. The summed E-state index contributed by atoms with van der Waals surface area (Å²) in [7, 11) is 0. The molecule has 166 valence electrons. The van der Waals surface area contributed by atoms with Crippen LogP contribution in [0.2, 0.25) is 0 Å². The van der Waals surface area contributed by atoms with Crippen LogP contribution in [0.25, 0.3) is 6.08 Å². The summed E-state index contributed by atoms with van der Waals surface area (Å²) in [6.45, 7) is 2.41. The Morgan fingerprint density at radius 3 is 2.64 bits per heavy atom. The molecule has 0 aliphatic carbocycles. The maximum atomic E-state index is 13.2. The van der Waals surface area contributed by atoms with E-state index in [0.717, 1.165) is 5.56 Å². The van der Waals surface area contributed by atoms with Crippen molar-refractivity contribution in [1.29, 1.82) is 0 Å². The summed E-state index contributed by atoms with van der Waals surface area (Å²) in [4.78, 5) is 27.7. The first-order valence-corrected chi connectivity index (χ1v) is 11.4. The van der Waals surface area contributed by atoms with Gasteiger partial charge in [0.1, 0.15) is 11.6 Å². The zero-order chi connectivity index (χ0) is 23.4. The Kier molecular flexibility index (Phi) is 6.86. The minimum absolute atomic E-state index is 0.271. The minimum atomic E-state index is -0.388. The van der Waals surface area contributed by atoms with Crippen LogP contribution in [0, 0.1) is 5.82 Å². The Morgan fingerprint density at radius 2 is 1.88 bits per heavy atom. The zero-order valence-corrected chi connectivity index (χ0v) is 19.2. The molecule has 0 unspecified atom stereocenters. The maximum Gasteiger partial charge on any atom is 0.270 e. The van der Waals surface area contributed by atoms with E-state index in [4.69, 9.17) is 17.0 Å². The molecule has 0 bridgehead atoms. The van der Waals surface area contributed by atoms with Gasteiger partial charge in [0.05, 0.1) is 17.2 Å². The number of nitrogens with zero attached hydrogens (tertiary/aromatic N) is 1. The van der Waals surface area contributed by atoms with Crippen LogP contribution >= 0.6 is 24.0 Å². The van der Waals surface area contributed by atoms with Crippen LogP contribution in [0.4, 0.5) is 15.8 Å². The molecule has 0 radical (unpaired) electrons. The number of amides is 2. The van der Waals surface area contributed by atoms with E-state index >= 15 is 0 Å². The highest BCUT2D eigenvalue weighted by molar-refractivity contribution is 8.27. The second kappa shape index (κ2) is 9.97. The third kappa shape index (κ3) is 5.13. The molecule has 4 rings (SSSR count). The molecule has 1 heterocycles. The van der Waals surface area contributed by atoms with E-state index in [-0.39, 0.29) is 17.6 Å². The summed E-state index contributed by atoms with van der Waals surface area (Å²) in [6.07, 6.45) is 1.76. The number of carbonyl (C=O) groups is 2. The van der Waals surface area contributed by atoms with Crippen molar-refractivity contribution < 1.29 is 18.7 Å². The topological polar surface area (TPSA) is 58.6 Å². The molecule has 1 aliphatic rings. The molecule has 2 amide bonds. The number of benzene rings is 3. The first-order valence-electron chi connectivity index (χ1n) is 10.1. The van der Waals surface area contributed by atoms with Crippen LogP contribution in [-0.2, 0) is 4.79 Å². The number of hydrogen-bond acceptors (Lipinski definition) is 5. The fraction of sp³-hybridized carbons (Fsp3) is 0.0800. The number of halogens is 1. The Labute approximate surface area is 200 Å². The normalized spacial score (nSPS) is 14.6. The Balaban J connectivity index is 1.57. The summed E-state index contributed by atoms with van der Waals surface area (Å²) in [6, 6.07) is 19.6. The van der Waals surface area contributed by atoms with Crippen molar-refractivity contribution in [3.05, 3.63) is 94.6 Å². The molecular weight excluding hydrogens is 459 g/mol. The molecule has 0 aromatic heterocycles. The Bertz CT molecular complexity index is 1260. The van der Waals surface area contributed by atoms with Gasteiger partial charge >= 0.3 is 0 Å². The van der Waals surface area contributed by atoms with Crippen molar-refractivity contribution in [2.75, 3.05) is 16.8 Å². The molecule has 1 fully saturated rings. The van der Waals surface area contributed by atoms with Gasteiger partial charge in [0.15, 0.2) is 4.32 Å². The molecule has 8 heteroatoms. The van der Waals surface area contributed by atoms with Gasteiger partial charge in [-0.1, -0.05) is 48.2 Å².